The summed E-state index contributed by atoms with van der Waals surface area (Å²) < 4.78 is 61.3. The van der Waals surface area contributed by atoms with Crippen molar-refractivity contribution in [2.45, 2.75) is 0 Å². The molecule has 0 spiro atoms. The molecule has 52 heavy (non-hydrogen) atoms. The maximum Gasteiger partial charge on any atom is 0.216 e. The van der Waals surface area contributed by atoms with Gasteiger partial charge in [-0.3, -0.25) is 9.59 Å². The molecular weight excluding hydrogens is 696 g/mol. The van der Waals surface area contributed by atoms with Gasteiger partial charge in [-0.1, -0.05) is 133 Å². The Bertz CT molecular complexity index is 2210. The van der Waals surface area contributed by atoms with Gasteiger partial charge >= 0.3 is 0 Å². The lowest BCUT2D eigenvalue weighted by Gasteiger charge is -2.33. The van der Waals surface area contributed by atoms with Crippen molar-refractivity contribution in [1.82, 2.24) is 0 Å². The summed E-state index contributed by atoms with van der Waals surface area (Å²) >= 11 is 0. The maximum absolute atomic E-state index is 16.0. The van der Waals surface area contributed by atoms with Gasteiger partial charge in [-0.15, -0.1) is 0 Å². The number of carbonyl (C=O) groups is 2. The third-order valence-electron chi connectivity index (χ3n) is 8.65. The highest BCUT2D eigenvalue weighted by molar-refractivity contribution is 7.84. The van der Waals surface area contributed by atoms with E-state index in [0.29, 0.717) is 0 Å². The largest absolute Gasteiger partial charge is 0.351 e. The number of allylic oxidation sites excluding steroid dienone is 2. The molecule has 0 radical (unpaired) electrons. The van der Waals surface area contributed by atoms with Crippen molar-refractivity contribution in [3.05, 3.63) is 204 Å². The summed E-state index contributed by atoms with van der Waals surface area (Å²) in [5.41, 5.74) is -0.648. The average Bonchev–Trinajstić information content (AvgIpc) is 3.18. The van der Waals surface area contributed by atoms with Crippen molar-refractivity contribution >= 4 is 58.4 Å². The zero-order valence-electron chi connectivity index (χ0n) is 27.4. The minimum Gasteiger partial charge on any atom is -0.351 e. The van der Waals surface area contributed by atoms with Gasteiger partial charge in [0.1, 0.15) is 23.0 Å². The molecule has 0 saturated heterocycles. The number of ketones is 2. The van der Waals surface area contributed by atoms with Gasteiger partial charge < -0.3 is 19.8 Å². The van der Waals surface area contributed by atoms with Crippen molar-refractivity contribution in [3.8, 4) is 0 Å². The first-order valence-electron chi connectivity index (χ1n) is 16.3. The summed E-state index contributed by atoms with van der Waals surface area (Å²) in [6.45, 7) is 0. The van der Waals surface area contributed by atoms with Crippen LogP contribution in [-0.2, 0) is 18.7 Å². The molecule has 1 aliphatic carbocycles. The Hall–Kier alpha value is -5.94. The molecular formula is C42H30F2N2O4P2. The van der Waals surface area contributed by atoms with Gasteiger partial charge in [0.05, 0.1) is 10.6 Å². The third-order valence-corrected chi connectivity index (χ3v) is 14.9. The lowest BCUT2D eigenvalue weighted by atomic mass is 10.0. The molecule has 7 rings (SSSR count). The van der Waals surface area contributed by atoms with E-state index in [1.807, 2.05) is 0 Å². The Morgan fingerprint density at radius 2 is 0.673 bits per heavy atom. The second-order valence-electron chi connectivity index (χ2n) is 11.9. The van der Waals surface area contributed by atoms with Crippen molar-refractivity contribution < 1.29 is 27.5 Å². The highest BCUT2D eigenvalue weighted by Crippen LogP contribution is 2.61. The highest BCUT2D eigenvalue weighted by Gasteiger charge is 2.51. The normalized spacial score (nSPS) is 13.7. The Morgan fingerprint density at radius 3 is 0.942 bits per heavy atom. The number of hydrogen-bond donors (Lipinski definition) is 2. The van der Waals surface area contributed by atoms with Gasteiger partial charge in [-0.05, 0) is 36.4 Å². The van der Waals surface area contributed by atoms with Crippen LogP contribution < -0.4 is 31.9 Å². The molecule has 256 valence electrons. The predicted molar refractivity (Wildman–Crippen MR) is 204 cm³/mol. The number of halogens is 2. The van der Waals surface area contributed by atoms with Gasteiger partial charge in [0.15, 0.2) is 14.3 Å². The minimum atomic E-state index is -4.26. The topological polar surface area (TPSA) is 92.3 Å². The Kier molecular flexibility index (Phi) is 9.53. The van der Waals surface area contributed by atoms with Crippen LogP contribution in [-0.4, -0.2) is 11.6 Å². The van der Waals surface area contributed by atoms with E-state index in [0.717, 1.165) is 12.1 Å². The van der Waals surface area contributed by atoms with Crippen LogP contribution in [0.25, 0.3) is 0 Å². The fourth-order valence-electron chi connectivity index (χ4n) is 6.30. The first-order chi connectivity index (χ1) is 25.2. The quantitative estimate of drug-likeness (QED) is 0.110. The average molecular weight is 727 g/mol. The fourth-order valence-corrected chi connectivity index (χ4v) is 12.0. The van der Waals surface area contributed by atoms with Gasteiger partial charge in [-0.25, -0.2) is 8.78 Å². The van der Waals surface area contributed by atoms with E-state index in [2.05, 4.69) is 10.6 Å². The maximum atomic E-state index is 16.0. The van der Waals surface area contributed by atoms with Crippen LogP contribution in [0.4, 0.5) is 20.2 Å². The van der Waals surface area contributed by atoms with Crippen LogP contribution in [0.15, 0.2) is 192 Å². The SMILES string of the molecule is O=C1C(Nc2cccc(F)c2)=C(P(=O)(c2ccccc2)c2ccccc2)C(=O)C(Nc2cccc(F)c2)=C1P(=O)(c1ccccc1)c1ccccc1. The van der Waals surface area contributed by atoms with Crippen LogP contribution in [0.5, 0.6) is 0 Å². The van der Waals surface area contributed by atoms with E-state index in [-0.39, 0.29) is 32.6 Å². The predicted octanol–water partition coefficient (Wildman–Crippen LogP) is 8.09. The van der Waals surface area contributed by atoms with E-state index in [1.165, 1.54) is 36.4 Å². The molecule has 6 aromatic carbocycles. The number of hydrogen-bond acceptors (Lipinski definition) is 6. The Balaban J connectivity index is 1.60. The molecule has 0 bridgehead atoms. The lowest BCUT2D eigenvalue weighted by Crippen LogP contribution is -2.36. The zero-order chi connectivity index (χ0) is 36.3. The Labute approximate surface area is 299 Å². The van der Waals surface area contributed by atoms with Gasteiger partial charge in [0.25, 0.3) is 0 Å². The molecule has 0 aliphatic heterocycles. The number of benzene rings is 6. The van der Waals surface area contributed by atoms with Gasteiger partial charge in [-0.2, -0.15) is 0 Å². The molecule has 0 atom stereocenters. The van der Waals surface area contributed by atoms with Gasteiger partial charge in [0.2, 0.25) is 11.6 Å². The summed E-state index contributed by atoms with van der Waals surface area (Å²) in [6.07, 6.45) is 0. The molecule has 0 aromatic heterocycles. The van der Waals surface area contributed by atoms with Crippen LogP contribution in [0.3, 0.4) is 0 Å². The number of carbonyl (C=O) groups excluding carboxylic acids is 2. The molecule has 0 unspecified atom stereocenters. The monoisotopic (exact) mass is 726 g/mol. The van der Waals surface area contributed by atoms with Crippen molar-refractivity contribution in [1.29, 1.82) is 0 Å². The summed E-state index contributed by atoms with van der Waals surface area (Å²) in [4.78, 5) is 31.0. The lowest BCUT2D eigenvalue weighted by molar-refractivity contribution is -0.115. The van der Waals surface area contributed by atoms with Crippen LogP contribution in [0, 0.1) is 11.6 Å². The van der Waals surface area contributed by atoms with E-state index in [1.54, 1.807) is 121 Å². The van der Waals surface area contributed by atoms with E-state index in [9.17, 15) is 8.78 Å². The highest BCUT2D eigenvalue weighted by atomic mass is 31.2. The third kappa shape index (κ3) is 6.28. The molecule has 6 nitrogen and oxygen atoms in total. The molecule has 2 N–H and O–H groups in total. The standard InChI is InChI=1S/C42H30F2N2O4P2/c43-29-15-13-17-31(27-29)45-37-40(48)42(52(50,35-23-9-3-10-24-35)36-25-11-4-12-26-36)38(46-32-18-14-16-30(44)28-32)39(47)41(37)51(49,33-19-5-1-6-20-33)34-21-7-2-8-22-34/h1-28,45-46H. The molecule has 6 aromatic rings. The van der Waals surface area contributed by atoms with Crippen LogP contribution in [0.1, 0.15) is 0 Å². The van der Waals surface area contributed by atoms with E-state index in [4.69, 9.17) is 0 Å². The second-order valence-corrected chi connectivity index (χ2v) is 17.3. The summed E-state index contributed by atoms with van der Waals surface area (Å²) in [5, 5.41) is 6.08. The summed E-state index contributed by atoms with van der Waals surface area (Å²) in [7, 11) is -8.51. The Morgan fingerprint density at radius 1 is 0.385 bits per heavy atom. The van der Waals surface area contributed by atoms with Crippen molar-refractivity contribution in [3.63, 3.8) is 0 Å². The molecule has 0 amide bonds. The minimum absolute atomic E-state index is 0.0940. The molecule has 0 saturated carbocycles. The number of rotatable bonds is 10. The first-order valence-corrected chi connectivity index (χ1v) is 19.7. The van der Waals surface area contributed by atoms with Crippen LogP contribution >= 0.6 is 14.3 Å². The molecule has 0 heterocycles. The summed E-state index contributed by atoms with van der Waals surface area (Å²) in [6, 6.07) is 43.7. The smallest absolute Gasteiger partial charge is 0.216 e. The molecule has 1 aliphatic rings. The zero-order valence-corrected chi connectivity index (χ0v) is 29.2. The molecule has 0 fully saturated rings. The summed E-state index contributed by atoms with van der Waals surface area (Å²) in [5.74, 6) is -3.05. The fraction of sp³-hybridized carbons (Fsp3) is 0. The van der Waals surface area contributed by atoms with Crippen LogP contribution in [0.2, 0.25) is 0 Å². The van der Waals surface area contributed by atoms with E-state index >= 15 is 18.7 Å². The number of nitrogens with one attached hydrogen (secondary N) is 2. The van der Waals surface area contributed by atoms with Gasteiger partial charge in [0, 0.05) is 32.6 Å². The second kappa shape index (κ2) is 14.4. The van der Waals surface area contributed by atoms with Crippen molar-refractivity contribution in [2.75, 3.05) is 10.6 Å². The van der Waals surface area contributed by atoms with Crippen molar-refractivity contribution in [2.24, 2.45) is 0 Å². The number of anilines is 2. The van der Waals surface area contributed by atoms with E-state index < -0.39 is 59.5 Å². The molecule has 10 heteroatoms. The first kappa shape index (κ1) is 34.5. The number of Topliss-reactive ketones (excluding diaryl/α,β-unsaturated/α-hetero) is 2.